The van der Waals surface area contributed by atoms with Gasteiger partial charge in [0.1, 0.15) is 12.9 Å². The number of hydrogen-bond donors (Lipinski definition) is 0. The molecule has 0 spiro atoms. The summed E-state index contributed by atoms with van der Waals surface area (Å²) in [7, 11) is 2.00. The van der Waals surface area contributed by atoms with Crippen molar-refractivity contribution in [2.75, 3.05) is 0 Å². The molecule has 2 aromatic carbocycles. The van der Waals surface area contributed by atoms with Crippen molar-refractivity contribution in [2.24, 2.45) is 7.05 Å². The Kier molecular flexibility index (Phi) is 6.06. The summed E-state index contributed by atoms with van der Waals surface area (Å²) in [6, 6.07) is 19.3. The number of para-hydroxylation sites is 1. The van der Waals surface area contributed by atoms with Gasteiger partial charge in [0.25, 0.3) is 0 Å². The maximum Gasteiger partial charge on any atom is 0.169 e. The smallest absolute Gasteiger partial charge is 0.169 e. The lowest BCUT2D eigenvalue weighted by molar-refractivity contribution is -0.671. The van der Waals surface area contributed by atoms with Crippen LogP contribution in [-0.2, 0) is 13.6 Å². The zero-order valence-electron chi connectivity index (χ0n) is 15.0. The van der Waals surface area contributed by atoms with Crippen LogP contribution in [0.3, 0.4) is 0 Å². The summed E-state index contributed by atoms with van der Waals surface area (Å²) < 4.78 is 18.2. The van der Waals surface area contributed by atoms with E-state index in [4.69, 9.17) is 0 Å². The molecule has 4 rings (SSSR count). The molecule has 0 unspecified atom stereocenters. The molecule has 2 nitrogen and oxygen atoms in total. The molecule has 0 saturated heterocycles. The molecule has 0 bridgehead atoms. The molecule has 4 aromatic rings. The average Bonchev–Trinajstić information content (AvgIpc) is 3.01. The Morgan fingerprint density at radius 1 is 0.926 bits per heavy atom. The SMILES string of the molecule is C[n+]1ccc(/C=C/c2cn(Cc3ccccc3F)c3ccccc23)cc1.[I-]. The highest BCUT2D eigenvalue weighted by molar-refractivity contribution is 5.92. The van der Waals surface area contributed by atoms with E-state index in [1.165, 1.54) is 11.5 Å². The van der Waals surface area contributed by atoms with Gasteiger partial charge in [-0.05, 0) is 17.7 Å². The highest BCUT2D eigenvalue weighted by atomic mass is 127. The van der Waals surface area contributed by atoms with Crippen LogP contribution in [0.4, 0.5) is 4.39 Å². The first-order valence-electron chi connectivity index (χ1n) is 8.65. The number of pyridine rings is 1. The van der Waals surface area contributed by atoms with Gasteiger partial charge >= 0.3 is 0 Å². The van der Waals surface area contributed by atoms with Gasteiger partial charge < -0.3 is 28.5 Å². The zero-order chi connectivity index (χ0) is 17.9. The third-order valence-corrected chi connectivity index (χ3v) is 4.58. The summed E-state index contributed by atoms with van der Waals surface area (Å²) in [5.41, 5.74) is 4.08. The number of nitrogens with zero attached hydrogens (tertiary/aromatic N) is 2. The second kappa shape index (κ2) is 8.48. The van der Waals surface area contributed by atoms with Gasteiger partial charge in [-0.3, -0.25) is 0 Å². The van der Waals surface area contributed by atoms with Gasteiger partial charge in [-0.1, -0.05) is 48.6 Å². The Bertz CT molecular complexity index is 1080. The third-order valence-electron chi connectivity index (χ3n) is 4.58. The molecule has 27 heavy (non-hydrogen) atoms. The molecule has 0 aliphatic carbocycles. The minimum Gasteiger partial charge on any atom is -1.00 e. The maximum absolute atomic E-state index is 14.1. The fourth-order valence-electron chi connectivity index (χ4n) is 3.16. The molecule has 136 valence electrons. The van der Waals surface area contributed by atoms with Crippen LogP contribution in [0.5, 0.6) is 0 Å². The van der Waals surface area contributed by atoms with Crippen LogP contribution in [0, 0.1) is 5.82 Å². The first-order valence-corrected chi connectivity index (χ1v) is 8.65. The van der Waals surface area contributed by atoms with Gasteiger partial charge in [0, 0.05) is 40.4 Å². The number of aryl methyl sites for hydroxylation is 1. The van der Waals surface area contributed by atoms with Gasteiger partial charge in [0.15, 0.2) is 12.4 Å². The Morgan fingerprint density at radius 3 is 2.41 bits per heavy atom. The Morgan fingerprint density at radius 2 is 1.63 bits per heavy atom. The van der Waals surface area contributed by atoms with Crippen LogP contribution < -0.4 is 28.5 Å². The van der Waals surface area contributed by atoms with Crippen LogP contribution in [0.15, 0.2) is 79.3 Å². The van der Waals surface area contributed by atoms with Crippen molar-refractivity contribution in [3.05, 3.63) is 102 Å². The summed E-state index contributed by atoms with van der Waals surface area (Å²) in [4.78, 5) is 0. The number of aromatic nitrogens is 2. The quantitative estimate of drug-likeness (QED) is 0.318. The fraction of sp³-hybridized carbons (Fsp3) is 0.0870. The first-order chi connectivity index (χ1) is 12.7. The van der Waals surface area contributed by atoms with Crippen LogP contribution in [0.2, 0.25) is 0 Å². The van der Waals surface area contributed by atoms with Crippen molar-refractivity contribution in [1.29, 1.82) is 0 Å². The van der Waals surface area contributed by atoms with E-state index >= 15 is 0 Å². The molecule has 0 fully saturated rings. The molecule has 0 saturated carbocycles. The van der Waals surface area contributed by atoms with Gasteiger partial charge in [-0.15, -0.1) is 0 Å². The number of halogens is 2. The summed E-state index contributed by atoms with van der Waals surface area (Å²) in [5.74, 6) is -0.167. The van der Waals surface area contributed by atoms with E-state index in [0.717, 1.165) is 16.6 Å². The second-order valence-corrected chi connectivity index (χ2v) is 6.45. The summed E-state index contributed by atoms with van der Waals surface area (Å²) >= 11 is 0. The Hall–Kier alpha value is -2.47. The molecular weight excluding hydrogens is 450 g/mol. The zero-order valence-corrected chi connectivity index (χ0v) is 17.2. The van der Waals surface area contributed by atoms with E-state index < -0.39 is 0 Å². The highest BCUT2D eigenvalue weighted by Gasteiger charge is 2.08. The monoisotopic (exact) mass is 470 g/mol. The van der Waals surface area contributed by atoms with E-state index in [9.17, 15) is 4.39 Å². The molecular formula is C23H20FIN2. The molecule has 0 aliphatic rings. The normalized spacial score (nSPS) is 11.0. The average molecular weight is 470 g/mol. The van der Waals surface area contributed by atoms with E-state index in [-0.39, 0.29) is 29.8 Å². The van der Waals surface area contributed by atoms with E-state index in [1.807, 2.05) is 48.3 Å². The lowest BCUT2D eigenvalue weighted by atomic mass is 10.1. The maximum atomic E-state index is 14.1. The van der Waals surface area contributed by atoms with E-state index in [2.05, 4.69) is 47.2 Å². The topological polar surface area (TPSA) is 8.81 Å². The fourth-order valence-corrected chi connectivity index (χ4v) is 3.16. The predicted octanol–water partition coefficient (Wildman–Crippen LogP) is 1.83. The second-order valence-electron chi connectivity index (χ2n) is 6.45. The molecule has 0 aliphatic heterocycles. The van der Waals surface area contributed by atoms with Gasteiger partial charge in [0.05, 0.1) is 6.54 Å². The number of benzene rings is 2. The summed E-state index contributed by atoms with van der Waals surface area (Å²) in [6.07, 6.45) is 10.4. The number of hydrogen-bond acceptors (Lipinski definition) is 0. The molecule has 0 atom stereocenters. The molecule has 0 amide bonds. The standard InChI is InChI=1S/C23H20FN2.HI/c1-25-14-12-18(13-15-25)10-11-19-16-26(23-9-5-3-7-21(19)23)17-20-6-2-4-8-22(20)24;/h2-16H,17H2,1H3;1H/q+1;/p-1. The summed E-state index contributed by atoms with van der Waals surface area (Å²) in [5, 5.41) is 1.17. The van der Waals surface area contributed by atoms with Crippen molar-refractivity contribution in [2.45, 2.75) is 6.54 Å². The largest absolute Gasteiger partial charge is 1.00 e. The van der Waals surface area contributed by atoms with Gasteiger partial charge in [-0.2, -0.15) is 0 Å². The van der Waals surface area contributed by atoms with Crippen molar-refractivity contribution in [3.63, 3.8) is 0 Å². The minimum atomic E-state index is -0.167. The van der Waals surface area contributed by atoms with E-state index in [1.54, 1.807) is 6.07 Å². The van der Waals surface area contributed by atoms with Gasteiger partial charge in [-0.25, -0.2) is 8.96 Å². The van der Waals surface area contributed by atoms with E-state index in [0.29, 0.717) is 12.1 Å². The van der Waals surface area contributed by atoms with Crippen molar-refractivity contribution in [3.8, 4) is 0 Å². The number of rotatable bonds is 4. The minimum absolute atomic E-state index is 0. The molecule has 2 aromatic heterocycles. The Balaban J connectivity index is 0.00000210. The predicted molar refractivity (Wildman–Crippen MR) is 104 cm³/mol. The van der Waals surface area contributed by atoms with Crippen molar-refractivity contribution in [1.82, 2.24) is 4.57 Å². The van der Waals surface area contributed by atoms with Crippen LogP contribution in [0.1, 0.15) is 16.7 Å². The van der Waals surface area contributed by atoms with Crippen LogP contribution >= 0.6 is 0 Å². The molecule has 0 N–H and O–H groups in total. The van der Waals surface area contributed by atoms with Gasteiger partial charge in [0.2, 0.25) is 0 Å². The highest BCUT2D eigenvalue weighted by Crippen LogP contribution is 2.24. The third kappa shape index (κ3) is 4.27. The lowest BCUT2D eigenvalue weighted by Gasteiger charge is -2.06. The van der Waals surface area contributed by atoms with Crippen molar-refractivity contribution >= 4 is 23.1 Å². The Labute approximate surface area is 175 Å². The molecule has 4 heteroatoms. The first kappa shape index (κ1) is 19.3. The summed E-state index contributed by atoms with van der Waals surface area (Å²) in [6.45, 7) is 0.516. The van der Waals surface area contributed by atoms with Crippen molar-refractivity contribution < 1.29 is 32.9 Å². The van der Waals surface area contributed by atoms with Crippen LogP contribution in [-0.4, -0.2) is 4.57 Å². The molecule has 2 heterocycles. The molecule has 0 radical (unpaired) electrons. The van der Waals surface area contributed by atoms with Crippen LogP contribution in [0.25, 0.3) is 23.1 Å². The lowest BCUT2D eigenvalue weighted by Crippen LogP contribution is -3.00. The number of fused-ring (bicyclic) bond motifs is 1.